The Labute approximate surface area is 217 Å². The van der Waals surface area contributed by atoms with Crippen molar-refractivity contribution < 1.29 is 19.7 Å². The average molecular weight is 501 g/mol. The van der Waals surface area contributed by atoms with Crippen molar-refractivity contribution in [3.8, 4) is 5.75 Å². The van der Waals surface area contributed by atoms with E-state index in [1.807, 2.05) is 24.3 Å². The molecule has 202 valence electrons. The summed E-state index contributed by atoms with van der Waals surface area (Å²) in [5, 5.41) is 25.9. The van der Waals surface area contributed by atoms with E-state index in [0.29, 0.717) is 18.4 Å². The highest BCUT2D eigenvalue weighted by Crippen LogP contribution is 2.59. The first kappa shape index (κ1) is 26.4. The van der Waals surface area contributed by atoms with Crippen molar-refractivity contribution in [2.24, 2.45) is 17.3 Å². The van der Waals surface area contributed by atoms with E-state index in [1.165, 1.54) is 51.4 Å². The molecule has 1 aromatic rings. The molecule has 6 heteroatoms. The molecule has 4 aliphatic rings. The molecule has 0 aromatic heterocycles. The highest BCUT2D eigenvalue weighted by molar-refractivity contribution is 5.28. The van der Waals surface area contributed by atoms with Crippen LogP contribution in [-0.4, -0.2) is 72.8 Å². The third-order valence-electron chi connectivity index (χ3n) is 10.1. The van der Waals surface area contributed by atoms with E-state index >= 15 is 0 Å². The molecule has 3 N–H and O–H groups in total. The van der Waals surface area contributed by atoms with Crippen LogP contribution in [0, 0.1) is 17.3 Å². The van der Waals surface area contributed by atoms with Crippen molar-refractivity contribution in [1.29, 1.82) is 0 Å². The number of hydrogen-bond acceptors (Lipinski definition) is 6. The first-order valence-corrected chi connectivity index (χ1v) is 14.6. The fourth-order valence-corrected chi connectivity index (χ4v) is 8.57. The maximum absolute atomic E-state index is 11.1. The molecule has 36 heavy (non-hydrogen) atoms. The van der Waals surface area contributed by atoms with Crippen LogP contribution in [0.15, 0.2) is 24.3 Å². The number of nitrogens with zero attached hydrogens (tertiary/aromatic N) is 1. The zero-order chi connectivity index (χ0) is 25.0. The fraction of sp³-hybridized carbons (Fsp3) is 0.800. The second-order valence-electron chi connectivity index (χ2n) is 12.0. The molecule has 3 aliphatic heterocycles. The zero-order valence-electron chi connectivity index (χ0n) is 22.3. The molecule has 5 rings (SSSR count). The molecular formula is C30H48N2O4. The minimum Gasteiger partial charge on any atom is -0.497 e. The monoisotopic (exact) mass is 500 g/mol. The zero-order valence-corrected chi connectivity index (χ0v) is 22.3. The van der Waals surface area contributed by atoms with Gasteiger partial charge in [-0.2, -0.15) is 0 Å². The number of hydrogen-bond donors (Lipinski definition) is 3. The summed E-state index contributed by atoms with van der Waals surface area (Å²) in [4.78, 5) is 2.71. The van der Waals surface area contributed by atoms with Gasteiger partial charge in [-0.25, -0.2) is 0 Å². The van der Waals surface area contributed by atoms with Crippen molar-refractivity contribution in [2.45, 2.75) is 94.9 Å². The summed E-state index contributed by atoms with van der Waals surface area (Å²) in [7, 11) is 1.68. The predicted molar refractivity (Wildman–Crippen MR) is 142 cm³/mol. The molecule has 6 nitrogen and oxygen atoms in total. The Kier molecular flexibility index (Phi) is 8.58. The number of benzene rings is 1. The molecule has 0 spiro atoms. The maximum atomic E-state index is 11.1. The summed E-state index contributed by atoms with van der Waals surface area (Å²) < 4.78 is 11.9. The molecular weight excluding hydrogens is 452 g/mol. The van der Waals surface area contributed by atoms with Gasteiger partial charge in [0.2, 0.25) is 0 Å². The molecule has 3 heterocycles. The Balaban J connectivity index is 1.46. The van der Waals surface area contributed by atoms with Gasteiger partial charge in [0, 0.05) is 11.5 Å². The number of aliphatic hydroxyl groups is 2. The Morgan fingerprint density at radius 1 is 1.00 bits per heavy atom. The molecule has 1 aromatic carbocycles. The van der Waals surface area contributed by atoms with Crippen LogP contribution >= 0.6 is 0 Å². The first-order valence-electron chi connectivity index (χ1n) is 14.6. The van der Waals surface area contributed by atoms with Gasteiger partial charge in [0.05, 0.1) is 32.5 Å². The lowest BCUT2D eigenvalue weighted by Gasteiger charge is -2.64. The quantitative estimate of drug-likeness (QED) is 0.523. The lowest BCUT2D eigenvalue weighted by molar-refractivity contribution is -0.179. The summed E-state index contributed by atoms with van der Waals surface area (Å²) >= 11 is 0. The number of nitrogens with one attached hydrogen (secondary N) is 1. The smallest absolute Gasteiger partial charge is 0.118 e. The van der Waals surface area contributed by atoms with Crippen LogP contribution in [0.25, 0.3) is 0 Å². The van der Waals surface area contributed by atoms with Crippen molar-refractivity contribution in [2.75, 3.05) is 40.0 Å². The number of piperidine rings is 1. The van der Waals surface area contributed by atoms with Gasteiger partial charge in [-0.3, -0.25) is 4.90 Å². The van der Waals surface area contributed by atoms with E-state index < -0.39 is 0 Å². The van der Waals surface area contributed by atoms with Crippen LogP contribution in [0.5, 0.6) is 5.75 Å². The SMILES string of the molecule is COc1ccc(CO[C@H](CO)[C@]23NC[C@@H]4C[C@]5(CO)CCCCCCCCCCN(CC[C@H]42)[C@@H]53)cc1. The highest BCUT2D eigenvalue weighted by Gasteiger charge is 2.69. The number of aliphatic hydroxyl groups excluding tert-OH is 2. The van der Waals surface area contributed by atoms with Crippen molar-refractivity contribution in [3.05, 3.63) is 29.8 Å². The Bertz CT molecular complexity index is 835. The van der Waals surface area contributed by atoms with E-state index in [4.69, 9.17) is 9.47 Å². The van der Waals surface area contributed by atoms with Crippen molar-refractivity contribution in [3.63, 3.8) is 0 Å². The lowest BCUT2D eigenvalue weighted by Crippen LogP contribution is -2.78. The van der Waals surface area contributed by atoms with E-state index in [9.17, 15) is 10.2 Å². The molecule has 3 saturated heterocycles. The Morgan fingerprint density at radius 3 is 2.42 bits per heavy atom. The minimum atomic E-state index is -0.314. The van der Waals surface area contributed by atoms with Crippen LogP contribution in [-0.2, 0) is 11.3 Å². The summed E-state index contributed by atoms with van der Waals surface area (Å²) in [6.07, 6.45) is 13.3. The molecule has 0 amide bonds. The molecule has 0 radical (unpaired) electrons. The summed E-state index contributed by atoms with van der Waals surface area (Å²) in [6, 6.07) is 8.22. The summed E-state index contributed by atoms with van der Waals surface area (Å²) in [6.45, 7) is 3.86. The van der Waals surface area contributed by atoms with Crippen molar-refractivity contribution >= 4 is 0 Å². The normalized spacial score (nSPS) is 36.4. The fourth-order valence-electron chi connectivity index (χ4n) is 8.57. The summed E-state index contributed by atoms with van der Waals surface area (Å²) in [5.41, 5.74) is 0.645. The second kappa shape index (κ2) is 11.7. The van der Waals surface area contributed by atoms with Gasteiger partial charge in [-0.15, -0.1) is 0 Å². The Hall–Kier alpha value is -1.18. The van der Waals surface area contributed by atoms with Crippen LogP contribution in [0.1, 0.15) is 76.2 Å². The average Bonchev–Trinajstić information content (AvgIpc) is 3.20. The molecule has 4 bridgehead atoms. The van der Waals surface area contributed by atoms with Gasteiger partial charge in [0.15, 0.2) is 0 Å². The van der Waals surface area contributed by atoms with E-state index in [1.54, 1.807) is 7.11 Å². The Morgan fingerprint density at radius 2 is 1.72 bits per heavy atom. The molecule has 6 atom stereocenters. The third-order valence-corrected chi connectivity index (χ3v) is 10.1. The van der Waals surface area contributed by atoms with Gasteiger partial charge in [-0.05, 0) is 74.8 Å². The van der Waals surface area contributed by atoms with E-state index in [0.717, 1.165) is 50.2 Å². The largest absolute Gasteiger partial charge is 0.497 e. The molecule has 4 fully saturated rings. The highest BCUT2D eigenvalue weighted by atomic mass is 16.5. The third kappa shape index (κ3) is 4.84. The van der Waals surface area contributed by atoms with E-state index in [2.05, 4.69) is 10.2 Å². The standard InChI is InChI=1S/C30H48N2O4/c1-35-25-12-10-23(11-13-25)21-36-27(20-33)30-26-14-17-32-16-9-7-5-3-2-4-6-8-15-29(22-34,28(30)32)18-24(26)19-31-30/h10-13,24,26-28,31,33-34H,2-9,14-22H2,1H3/t24-,26+,27+,28-,29-,30+/m0/s1. The van der Waals surface area contributed by atoms with Gasteiger partial charge in [0.1, 0.15) is 11.9 Å². The van der Waals surface area contributed by atoms with Crippen LogP contribution in [0.2, 0.25) is 0 Å². The molecule has 0 unspecified atom stereocenters. The van der Waals surface area contributed by atoms with Crippen LogP contribution in [0.3, 0.4) is 0 Å². The van der Waals surface area contributed by atoms with Crippen LogP contribution in [0.4, 0.5) is 0 Å². The minimum absolute atomic E-state index is 0.00176. The number of methoxy groups -OCH3 is 1. The predicted octanol–water partition coefficient (Wildman–Crippen LogP) is 4.13. The van der Waals surface area contributed by atoms with E-state index in [-0.39, 0.29) is 36.3 Å². The molecule has 1 aliphatic carbocycles. The van der Waals surface area contributed by atoms with Crippen molar-refractivity contribution in [1.82, 2.24) is 10.2 Å². The topological polar surface area (TPSA) is 74.2 Å². The van der Waals surface area contributed by atoms with Gasteiger partial charge < -0.3 is 25.0 Å². The van der Waals surface area contributed by atoms with Gasteiger partial charge in [-0.1, -0.05) is 57.1 Å². The van der Waals surface area contributed by atoms with Gasteiger partial charge in [0.25, 0.3) is 0 Å². The maximum Gasteiger partial charge on any atom is 0.118 e. The second-order valence-corrected chi connectivity index (χ2v) is 12.0. The first-order chi connectivity index (χ1) is 17.7. The summed E-state index contributed by atoms with van der Waals surface area (Å²) in [5.74, 6) is 1.87. The number of ether oxygens (including phenoxy) is 2. The lowest BCUT2D eigenvalue weighted by atomic mass is 9.51. The van der Waals surface area contributed by atoms with Gasteiger partial charge >= 0.3 is 0 Å². The van der Waals surface area contributed by atoms with Crippen LogP contribution < -0.4 is 10.1 Å². The number of rotatable bonds is 7. The molecule has 1 saturated carbocycles.